The van der Waals surface area contributed by atoms with E-state index in [9.17, 15) is 4.79 Å². The summed E-state index contributed by atoms with van der Waals surface area (Å²) in [6.45, 7) is 0. The molecular formula is C24H19N5O4. The van der Waals surface area contributed by atoms with E-state index in [1.54, 1.807) is 55.9 Å². The van der Waals surface area contributed by atoms with E-state index in [4.69, 9.17) is 14.2 Å². The molecule has 5 rings (SSSR count). The lowest BCUT2D eigenvalue weighted by atomic mass is 10.2. The van der Waals surface area contributed by atoms with Crippen molar-refractivity contribution in [3.63, 3.8) is 0 Å². The maximum absolute atomic E-state index is 12.8. The molecule has 2 heterocycles. The second-order valence-corrected chi connectivity index (χ2v) is 7.08. The molecule has 3 aromatic carbocycles. The highest BCUT2D eigenvalue weighted by Crippen LogP contribution is 2.30. The highest BCUT2D eigenvalue weighted by molar-refractivity contribution is 6.04. The number of hydrogen-bond donors (Lipinski definition) is 1. The summed E-state index contributed by atoms with van der Waals surface area (Å²) in [7, 11) is 3.06. The first-order chi connectivity index (χ1) is 16.2. The van der Waals surface area contributed by atoms with Gasteiger partial charge >= 0.3 is 0 Å². The van der Waals surface area contributed by atoms with Gasteiger partial charge in [-0.05, 0) is 42.5 Å². The number of nitrogens with one attached hydrogen (secondary N) is 1. The average Bonchev–Trinajstić information content (AvgIpc) is 3.35. The highest BCUT2D eigenvalue weighted by atomic mass is 16.5. The monoisotopic (exact) mass is 441 g/mol. The number of carbonyl (C=O) groups excluding carboxylic acids is 1. The van der Waals surface area contributed by atoms with Gasteiger partial charge in [-0.3, -0.25) is 9.20 Å². The Bertz CT molecular complexity index is 1480. The van der Waals surface area contributed by atoms with E-state index in [2.05, 4.69) is 20.5 Å². The molecule has 2 aromatic heterocycles. The van der Waals surface area contributed by atoms with Gasteiger partial charge in [0.05, 0.1) is 25.3 Å². The van der Waals surface area contributed by atoms with Crippen LogP contribution in [0.5, 0.6) is 23.1 Å². The van der Waals surface area contributed by atoms with Crippen LogP contribution >= 0.6 is 0 Å². The lowest BCUT2D eigenvalue weighted by molar-refractivity contribution is 0.102. The molecule has 0 saturated heterocycles. The van der Waals surface area contributed by atoms with Crippen LogP contribution in [0.25, 0.3) is 16.7 Å². The van der Waals surface area contributed by atoms with Crippen molar-refractivity contribution in [1.82, 2.24) is 19.6 Å². The molecule has 0 bridgehead atoms. The SMILES string of the molecule is COc1ccc(C(=O)Nc2cccc(Oc3nc4ccccc4n4cnnc34)c2)cc1OC. The second-order valence-electron chi connectivity index (χ2n) is 7.08. The van der Waals surface area contributed by atoms with Crippen molar-refractivity contribution in [1.29, 1.82) is 0 Å². The van der Waals surface area contributed by atoms with Crippen molar-refractivity contribution in [3.05, 3.63) is 78.6 Å². The van der Waals surface area contributed by atoms with Crippen LogP contribution < -0.4 is 19.5 Å². The molecule has 0 atom stereocenters. The van der Waals surface area contributed by atoms with Gasteiger partial charge < -0.3 is 19.5 Å². The van der Waals surface area contributed by atoms with Crippen LogP contribution in [0.15, 0.2) is 73.1 Å². The number of ether oxygens (including phenoxy) is 3. The molecule has 9 heteroatoms. The van der Waals surface area contributed by atoms with E-state index >= 15 is 0 Å². The summed E-state index contributed by atoms with van der Waals surface area (Å²) >= 11 is 0. The molecule has 1 amide bonds. The van der Waals surface area contributed by atoms with Gasteiger partial charge in [-0.15, -0.1) is 10.2 Å². The molecule has 1 N–H and O–H groups in total. The zero-order chi connectivity index (χ0) is 22.8. The number of aromatic nitrogens is 4. The number of anilines is 1. The number of para-hydroxylation sites is 2. The Kier molecular flexibility index (Phi) is 5.19. The minimum absolute atomic E-state index is 0.295. The van der Waals surface area contributed by atoms with Gasteiger partial charge in [-0.1, -0.05) is 18.2 Å². The molecule has 0 unspecified atom stereocenters. The molecule has 0 fully saturated rings. The molecular weight excluding hydrogens is 422 g/mol. The summed E-state index contributed by atoms with van der Waals surface area (Å²) in [5.74, 6) is 1.54. The Morgan fingerprint density at radius 1 is 0.939 bits per heavy atom. The third-order valence-corrected chi connectivity index (χ3v) is 5.05. The molecule has 33 heavy (non-hydrogen) atoms. The predicted molar refractivity (Wildman–Crippen MR) is 122 cm³/mol. The Morgan fingerprint density at radius 3 is 2.64 bits per heavy atom. The molecule has 0 radical (unpaired) electrons. The summed E-state index contributed by atoms with van der Waals surface area (Å²) in [6.07, 6.45) is 1.62. The van der Waals surface area contributed by atoms with E-state index in [1.807, 2.05) is 28.7 Å². The molecule has 164 valence electrons. The Hall–Kier alpha value is -4.66. The van der Waals surface area contributed by atoms with Crippen LogP contribution in [0.2, 0.25) is 0 Å². The van der Waals surface area contributed by atoms with Gasteiger partial charge in [0.25, 0.3) is 11.8 Å². The zero-order valence-electron chi connectivity index (χ0n) is 17.9. The van der Waals surface area contributed by atoms with Gasteiger partial charge in [0.1, 0.15) is 12.1 Å². The van der Waals surface area contributed by atoms with Gasteiger partial charge in [0, 0.05) is 17.3 Å². The van der Waals surface area contributed by atoms with Crippen molar-refractivity contribution < 1.29 is 19.0 Å². The fourth-order valence-corrected chi connectivity index (χ4v) is 3.48. The standard InChI is InChI=1S/C24H19N5O4/c1-31-20-11-10-15(12-21(20)32-2)23(30)26-16-6-5-7-17(13-16)33-24-22-28-25-14-29(22)19-9-4-3-8-18(19)27-24/h3-14H,1-2H3,(H,26,30). The summed E-state index contributed by atoms with van der Waals surface area (Å²) in [5, 5.41) is 11.0. The summed E-state index contributed by atoms with van der Waals surface area (Å²) in [6, 6.07) is 19.7. The van der Waals surface area contributed by atoms with E-state index in [1.165, 1.54) is 7.11 Å². The molecule has 0 spiro atoms. The van der Waals surface area contributed by atoms with Crippen molar-refractivity contribution in [2.24, 2.45) is 0 Å². The molecule has 9 nitrogen and oxygen atoms in total. The molecule has 0 aliphatic heterocycles. The third-order valence-electron chi connectivity index (χ3n) is 5.05. The van der Waals surface area contributed by atoms with Crippen molar-refractivity contribution in [2.45, 2.75) is 0 Å². The molecule has 0 aliphatic carbocycles. The normalized spacial score (nSPS) is 10.8. The highest BCUT2D eigenvalue weighted by Gasteiger charge is 2.14. The van der Waals surface area contributed by atoms with Crippen LogP contribution in [0.1, 0.15) is 10.4 Å². The van der Waals surface area contributed by atoms with Crippen molar-refractivity contribution in [3.8, 4) is 23.1 Å². The first-order valence-electron chi connectivity index (χ1n) is 10.1. The number of fused-ring (bicyclic) bond motifs is 3. The fourth-order valence-electron chi connectivity index (χ4n) is 3.48. The maximum atomic E-state index is 12.8. The van der Waals surface area contributed by atoms with Gasteiger partial charge in [0.15, 0.2) is 11.5 Å². The number of methoxy groups -OCH3 is 2. The minimum atomic E-state index is -0.295. The van der Waals surface area contributed by atoms with Gasteiger partial charge in [-0.2, -0.15) is 0 Å². The summed E-state index contributed by atoms with van der Waals surface area (Å²) in [5.41, 5.74) is 3.11. The quantitative estimate of drug-likeness (QED) is 0.418. The maximum Gasteiger partial charge on any atom is 0.266 e. The predicted octanol–water partition coefficient (Wildman–Crippen LogP) is 4.34. The van der Waals surface area contributed by atoms with Crippen LogP contribution in [0.3, 0.4) is 0 Å². The third kappa shape index (κ3) is 3.87. The Labute approximate surface area is 188 Å². The van der Waals surface area contributed by atoms with E-state index in [0.29, 0.717) is 40.0 Å². The Balaban J connectivity index is 1.41. The van der Waals surface area contributed by atoms with Crippen LogP contribution in [-0.4, -0.2) is 39.7 Å². The van der Waals surface area contributed by atoms with Crippen LogP contribution in [0.4, 0.5) is 5.69 Å². The topological polar surface area (TPSA) is 99.9 Å². The lowest BCUT2D eigenvalue weighted by Crippen LogP contribution is -2.12. The van der Waals surface area contributed by atoms with Crippen molar-refractivity contribution >= 4 is 28.3 Å². The van der Waals surface area contributed by atoms with Gasteiger partial charge in [-0.25, -0.2) is 4.98 Å². The lowest BCUT2D eigenvalue weighted by Gasteiger charge is -2.11. The molecule has 0 saturated carbocycles. The summed E-state index contributed by atoms with van der Waals surface area (Å²) < 4.78 is 18.3. The van der Waals surface area contributed by atoms with Gasteiger partial charge in [0.2, 0.25) is 5.65 Å². The first-order valence-corrected chi connectivity index (χ1v) is 10.1. The molecule has 0 aliphatic rings. The van der Waals surface area contributed by atoms with E-state index < -0.39 is 0 Å². The van der Waals surface area contributed by atoms with Crippen LogP contribution in [0, 0.1) is 0 Å². The van der Waals surface area contributed by atoms with E-state index in [0.717, 1.165) is 11.0 Å². The number of rotatable bonds is 6. The van der Waals surface area contributed by atoms with Crippen molar-refractivity contribution in [2.75, 3.05) is 19.5 Å². The fraction of sp³-hybridized carbons (Fsp3) is 0.0833. The van der Waals surface area contributed by atoms with E-state index in [-0.39, 0.29) is 5.91 Å². The number of benzene rings is 3. The average molecular weight is 441 g/mol. The summed E-state index contributed by atoms with van der Waals surface area (Å²) in [4.78, 5) is 17.3. The number of nitrogens with zero attached hydrogens (tertiary/aromatic N) is 4. The number of amides is 1. The minimum Gasteiger partial charge on any atom is -0.493 e. The smallest absolute Gasteiger partial charge is 0.266 e. The Morgan fingerprint density at radius 2 is 1.79 bits per heavy atom. The largest absolute Gasteiger partial charge is 0.493 e. The second kappa shape index (κ2) is 8.46. The zero-order valence-corrected chi connectivity index (χ0v) is 17.9. The molecule has 5 aromatic rings. The van der Waals surface area contributed by atoms with Crippen LogP contribution in [-0.2, 0) is 0 Å². The number of hydrogen-bond acceptors (Lipinski definition) is 7. The first kappa shape index (κ1) is 20.3. The number of carbonyl (C=O) groups is 1.